The number of rotatable bonds is 6. The molecule has 1 atom stereocenters. The zero-order valence-electron chi connectivity index (χ0n) is 16.1. The van der Waals surface area contributed by atoms with Crippen LogP contribution in [0.2, 0.25) is 0 Å². The minimum atomic E-state index is -4.71. The molecule has 0 saturated heterocycles. The summed E-state index contributed by atoms with van der Waals surface area (Å²) in [4.78, 5) is 5.42. The van der Waals surface area contributed by atoms with Gasteiger partial charge in [-0.3, -0.25) is 0 Å². The van der Waals surface area contributed by atoms with Crippen LogP contribution in [0.4, 0.5) is 22.7 Å². The molecule has 0 saturated carbocycles. The first-order valence-electron chi connectivity index (χ1n) is 9.35. The average Bonchev–Trinajstić information content (AvgIpc) is 3.20. The molecule has 2 aromatic carbocycles. The Kier molecular flexibility index (Phi) is 6.58. The van der Waals surface area contributed by atoms with Gasteiger partial charge in [0, 0.05) is 0 Å². The molecule has 0 bridgehead atoms. The molecule has 0 radical (unpaired) electrons. The van der Waals surface area contributed by atoms with Crippen molar-refractivity contribution >= 4 is 22.7 Å². The van der Waals surface area contributed by atoms with Crippen LogP contribution in [0.3, 0.4) is 0 Å². The fourth-order valence-electron chi connectivity index (χ4n) is 3.18. The Labute approximate surface area is 191 Å². The number of thiazole rings is 1. The number of halogens is 5. The van der Waals surface area contributed by atoms with Crippen LogP contribution in [0.25, 0.3) is 10.4 Å². The third kappa shape index (κ3) is 5.42. The van der Waals surface area contributed by atoms with E-state index in [9.17, 15) is 17.6 Å². The zero-order chi connectivity index (χ0) is 22.0. The maximum absolute atomic E-state index is 13.7. The SMILES string of the molecule is NC(CNc1ncc(-c2ccc3c(c2)C[I-]N=C3)s1)Cc1ccc(C(F)(F)F)c(F)c1. The molecule has 0 spiro atoms. The van der Waals surface area contributed by atoms with Crippen molar-refractivity contribution in [3.05, 3.63) is 70.7 Å². The van der Waals surface area contributed by atoms with Gasteiger partial charge < -0.3 is 0 Å². The molecule has 164 valence electrons. The molecule has 3 N–H and O–H groups in total. The number of alkyl halides is 4. The molecule has 3 aromatic rings. The normalized spacial score (nSPS) is 14.6. The molecular formula is C21H18F4IN4S-. The smallest absolute Gasteiger partial charge is 0.206 e. The second kappa shape index (κ2) is 9.21. The molecule has 0 aliphatic carbocycles. The third-order valence-corrected chi connectivity index (χ3v) is 7.59. The number of fused-ring (bicyclic) bond motifs is 1. The number of nitrogens with zero attached hydrogens (tertiary/aromatic N) is 2. The number of hydrogen-bond donors (Lipinski definition) is 2. The molecule has 1 aliphatic rings. The summed E-state index contributed by atoms with van der Waals surface area (Å²) in [5.41, 5.74) is 8.82. The number of aromatic nitrogens is 1. The van der Waals surface area contributed by atoms with Gasteiger partial charge in [-0.25, -0.2) is 4.39 Å². The zero-order valence-corrected chi connectivity index (χ0v) is 19.1. The van der Waals surface area contributed by atoms with Gasteiger partial charge in [-0.1, -0.05) is 6.07 Å². The number of anilines is 1. The van der Waals surface area contributed by atoms with Crippen LogP contribution in [0, 0.1) is 5.82 Å². The Hall–Kier alpha value is -2.05. The Morgan fingerprint density at radius 3 is 2.81 bits per heavy atom. The van der Waals surface area contributed by atoms with Crippen molar-refractivity contribution in [1.82, 2.24) is 4.98 Å². The summed E-state index contributed by atoms with van der Waals surface area (Å²) in [6.07, 6.45) is -0.714. The summed E-state index contributed by atoms with van der Waals surface area (Å²) in [6, 6.07) is 8.81. The van der Waals surface area contributed by atoms with E-state index in [0.29, 0.717) is 17.2 Å². The van der Waals surface area contributed by atoms with E-state index in [1.807, 2.05) is 6.21 Å². The van der Waals surface area contributed by atoms with Gasteiger partial charge in [-0.2, -0.15) is 13.2 Å². The van der Waals surface area contributed by atoms with E-state index in [-0.39, 0.29) is 27.9 Å². The molecule has 2 heterocycles. The summed E-state index contributed by atoms with van der Waals surface area (Å²) in [6.45, 7) is 0.362. The molecule has 1 aromatic heterocycles. The van der Waals surface area contributed by atoms with E-state index in [2.05, 4.69) is 31.7 Å². The van der Waals surface area contributed by atoms with E-state index >= 15 is 0 Å². The topological polar surface area (TPSA) is 63.3 Å². The van der Waals surface area contributed by atoms with Gasteiger partial charge >= 0.3 is 145 Å². The van der Waals surface area contributed by atoms with E-state index < -0.39 is 23.6 Å². The number of benzene rings is 2. The summed E-state index contributed by atoms with van der Waals surface area (Å²) in [7, 11) is 0. The monoisotopic (exact) mass is 561 g/mol. The predicted octanol–water partition coefficient (Wildman–Crippen LogP) is 1.89. The second-order valence-electron chi connectivity index (χ2n) is 7.08. The van der Waals surface area contributed by atoms with Crippen LogP contribution < -0.4 is 32.5 Å². The van der Waals surface area contributed by atoms with Gasteiger partial charge in [0.15, 0.2) is 0 Å². The predicted molar refractivity (Wildman–Crippen MR) is 110 cm³/mol. The number of nitrogens with one attached hydrogen (secondary N) is 1. The standard InChI is InChI=1S/C21H18F4IN4S/c22-18-6-12(1-4-17(18)21(23,24)25)5-16(27)10-28-20-29-11-19(31-20)13-2-3-14-9-30-26-8-15(14)7-13/h1-4,6-7,9,11,16H,5,8,10,27H2,(H,28,29)/q-1. The summed E-state index contributed by atoms with van der Waals surface area (Å²) < 4.78 is 57.2. The first kappa shape index (κ1) is 22.2. The van der Waals surface area contributed by atoms with Crippen molar-refractivity contribution < 1.29 is 39.0 Å². The van der Waals surface area contributed by atoms with E-state index in [0.717, 1.165) is 27.0 Å². The maximum atomic E-state index is 13.7. The number of hydrogen-bond acceptors (Lipinski definition) is 5. The molecular weight excluding hydrogens is 543 g/mol. The van der Waals surface area contributed by atoms with Gasteiger partial charge in [-0.05, 0) is 12.1 Å². The first-order chi connectivity index (χ1) is 14.8. The average molecular weight is 561 g/mol. The van der Waals surface area contributed by atoms with Crippen LogP contribution in [0.5, 0.6) is 0 Å². The van der Waals surface area contributed by atoms with Gasteiger partial charge in [0.1, 0.15) is 5.82 Å². The fraction of sp³-hybridized carbons (Fsp3) is 0.238. The first-order valence-corrected chi connectivity index (χ1v) is 12.7. The Morgan fingerprint density at radius 1 is 1.19 bits per heavy atom. The quantitative estimate of drug-likeness (QED) is 0.275. The van der Waals surface area contributed by atoms with Crippen LogP contribution in [-0.2, 0) is 17.0 Å². The molecule has 4 rings (SSSR count). The molecule has 10 heteroatoms. The Balaban J connectivity index is 1.35. The van der Waals surface area contributed by atoms with Crippen LogP contribution in [-0.4, -0.2) is 23.8 Å². The Bertz CT molecular complexity index is 1110. The second-order valence-corrected chi connectivity index (χ2v) is 10.1. The molecule has 0 fully saturated rings. The van der Waals surface area contributed by atoms with Crippen molar-refractivity contribution in [3.8, 4) is 10.4 Å². The minimum Gasteiger partial charge on any atom is -0.206 e. The van der Waals surface area contributed by atoms with Crippen LogP contribution >= 0.6 is 11.3 Å². The van der Waals surface area contributed by atoms with Crippen LogP contribution in [0.1, 0.15) is 22.3 Å². The number of nitrogens with two attached hydrogens (primary N) is 1. The molecule has 1 unspecified atom stereocenters. The van der Waals surface area contributed by atoms with E-state index in [4.69, 9.17) is 5.73 Å². The fourth-order valence-corrected chi connectivity index (χ4v) is 5.73. The third-order valence-electron chi connectivity index (χ3n) is 4.75. The van der Waals surface area contributed by atoms with Crippen molar-refractivity contribution in [3.63, 3.8) is 0 Å². The molecule has 4 nitrogen and oxygen atoms in total. The van der Waals surface area contributed by atoms with Crippen molar-refractivity contribution in [2.75, 3.05) is 11.9 Å². The molecule has 1 aliphatic heterocycles. The molecule has 0 amide bonds. The van der Waals surface area contributed by atoms with Gasteiger partial charge in [0.2, 0.25) is 0 Å². The summed E-state index contributed by atoms with van der Waals surface area (Å²) in [5.74, 6) is -1.28. The van der Waals surface area contributed by atoms with Gasteiger partial charge in [0.25, 0.3) is 0 Å². The minimum absolute atomic E-state index is 0.145. The van der Waals surface area contributed by atoms with Crippen molar-refractivity contribution in [1.29, 1.82) is 0 Å². The Morgan fingerprint density at radius 2 is 2.03 bits per heavy atom. The van der Waals surface area contributed by atoms with Gasteiger partial charge in [-0.15, -0.1) is 0 Å². The van der Waals surface area contributed by atoms with Crippen molar-refractivity contribution in [2.45, 2.75) is 23.1 Å². The molecule has 31 heavy (non-hydrogen) atoms. The van der Waals surface area contributed by atoms with Gasteiger partial charge in [0.05, 0.1) is 5.56 Å². The van der Waals surface area contributed by atoms with Crippen molar-refractivity contribution in [2.24, 2.45) is 8.94 Å². The van der Waals surface area contributed by atoms with Crippen LogP contribution in [0.15, 0.2) is 45.8 Å². The summed E-state index contributed by atoms with van der Waals surface area (Å²) >= 11 is 1.36. The van der Waals surface area contributed by atoms with E-state index in [1.54, 1.807) is 6.20 Å². The summed E-state index contributed by atoms with van der Waals surface area (Å²) in [5, 5.41) is 3.86. The van der Waals surface area contributed by atoms with E-state index in [1.165, 1.54) is 28.5 Å².